The fourth-order valence-corrected chi connectivity index (χ4v) is 3.42. The fourth-order valence-electron chi connectivity index (χ4n) is 3.42. The van der Waals surface area contributed by atoms with Gasteiger partial charge in [0.25, 0.3) is 0 Å². The van der Waals surface area contributed by atoms with Crippen molar-refractivity contribution in [1.29, 1.82) is 0 Å². The number of hydrogen-bond donors (Lipinski definition) is 1. The molecular formula is C23H30FN3O. The van der Waals surface area contributed by atoms with E-state index in [1.165, 1.54) is 18.9 Å². The van der Waals surface area contributed by atoms with E-state index < -0.39 is 0 Å². The first-order chi connectivity index (χ1) is 13.6. The lowest BCUT2D eigenvalue weighted by Crippen LogP contribution is -2.13. The molecule has 0 aliphatic carbocycles. The highest BCUT2D eigenvalue weighted by atomic mass is 19.1. The zero-order valence-electron chi connectivity index (χ0n) is 17.1. The number of aryl methyl sites for hydroxylation is 2. The van der Waals surface area contributed by atoms with Crippen LogP contribution in [0.15, 0.2) is 36.4 Å². The van der Waals surface area contributed by atoms with Gasteiger partial charge in [-0.15, -0.1) is 0 Å². The molecule has 0 fully saturated rings. The SMILES string of the molecule is CCNCCCCCCOc1ccc(-c2nn(C)c3cc(C)ccc23)c(F)c1. The number of aromatic nitrogens is 2. The van der Waals surface area contributed by atoms with E-state index in [0.29, 0.717) is 23.6 Å². The molecule has 0 spiro atoms. The Labute approximate surface area is 166 Å². The van der Waals surface area contributed by atoms with Crippen molar-refractivity contribution in [2.24, 2.45) is 7.05 Å². The summed E-state index contributed by atoms with van der Waals surface area (Å²) in [6.45, 7) is 6.88. The van der Waals surface area contributed by atoms with Crippen molar-refractivity contribution in [2.75, 3.05) is 19.7 Å². The number of rotatable bonds is 10. The third kappa shape index (κ3) is 4.90. The van der Waals surface area contributed by atoms with Gasteiger partial charge in [0, 0.05) is 24.1 Å². The predicted molar refractivity (Wildman–Crippen MR) is 113 cm³/mol. The van der Waals surface area contributed by atoms with Gasteiger partial charge in [0.1, 0.15) is 17.3 Å². The Kier molecular flexibility index (Phi) is 7.04. The molecule has 0 radical (unpaired) electrons. The molecule has 0 amide bonds. The van der Waals surface area contributed by atoms with Crippen LogP contribution in [0.3, 0.4) is 0 Å². The number of nitrogens with zero attached hydrogens (tertiary/aromatic N) is 2. The summed E-state index contributed by atoms with van der Waals surface area (Å²) in [5.74, 6) is 0.272. The van der Waals surface area contributed by atoms with E-state index >= 15 is 0 Å². The Morgan fingerprint density at radius 2 is 1.89 bits per heavy atom. The van der Waals surface area contributed by atoms with Crippen molar-refractivity contribution in [3.63, 3.8) is 0 Å². The zero-order chi connectivity index (χ0) is 19.9. The summed E-state index contributed by atoms with van der Waals surface area (Å²) in [7, 11) is 1.89. The molecule has 0 aliphatic heterocycles. The number of unbranched alkanes of at least 4 members (excludes halogenated alkanes) is 3. The normalized spacial score (nSPS) is 11.3. The van der Waals surface area contributed by atoms with Gasteiger partial charge in [-0.2, -0.15) is 5.10 Å². The highest BCUT2D eigenvalue weighted by molar-refractivity contribution is 5.93. The van der Waals surface area contributed by atoms with E-state index in [-0.39, 0.29) is 5.82 Å². The minimum Gasteiger partial charge on any atom is -0.493 e. The summed E-state index contributed by atoms with van der Waals surface area (Å²) in [5.41, 5.74) is 3.34. The van der Waals surface area contributed by atoms with Crippen LogP contribution in [0.1, 0.15) is 38.2 Å². The van der Waals surface area contributed by atoms with Gasteiger partial charge in [0.15, 0.2) is 0 Å². The molecule has 0 saturated heterocycles. The maximum absolute atomic E-state index is 14.8. The maximum atomic E-state index is 14.8. The lowest BCUT2D eigenvalue weighted by atomic mass is 10.1. The van der Waals surface area contributed by atoms with Gasteiger partial charge in [0.05, 0.1) is 12.1 Å². The summed E-state index contributed by atoms with van der Waals surface area (Å²) in [5, 5.41) is 8.82. The molecule has 0 unspecified atom stereocenters. The Morgan fingerprint density at radius 1 is 1.07 bits per heavy atom. The molecule has 3 rings (SSSR count). The Bertz CT molecular complexity index is 920. The van der Waals surface area contributed by atoms with Crippen LogP contribution in [-0.4, -0.2) is 29.5 Å². The van der Waals surface area contributed by atoms with Crippen LogP contribution in [0.5, 0.6) is 5.75 Å². The molecule has 1 N–H and O–H groups in total. The number of ether oxygens (including phenoxy) is 1. The lowest BCUT2D eigenvalue weighted by Gasteiger charge is -2.08. The molecule has 1 aromatic heterocycles. The van der Waals surface area contributed by atoms with Crippen LogP contribution >= 0.6 is 0 Å². The van der Waals surface area contributed by atoms with E-state index in [9.17, 15) is 4.39 Å². The van der Waals surface area contributed by atoms with E-state index in [2.05, 4.69) is 23.4 Å². The minimum absolute atomic E-state index is 0.302. The Balaban J connectivity index is 1.61. The first kappa shape index (κ1) is 20.3. The van der Waals surface area contributed by atoms with E-state index in [1.807, 2.05) is 32.2 Å². The number of benzene rings is 2. The predicted octanol–water partition coefficient (Wildman–Crippen LogP) is 5.24. The summed E-state index contributed by atoms with van der Waals surface area (Å²) < 4.78 is 22.3. The molecule has 0 bridgehead atoms. The molecular weight excluding hydrogens is 353 g/mol. The molecule has 28 heavy (non-hydrogen) atoms. The smallest absolute Gasteiger partial charge is 0.136 e. The third-order valence-corrected chi connectivity index (χ3v) is 4.97. The second-order valence-electron chi connectivity index (χ2n) is 7.25. The summed E-state index contributed by atoms with van der Waals surface area (Å²) in [6.07, 6.45) is 4.50. The van der Waals surface area contributed by atoms with Crippen LogP contribution in [0.2, 0.25) is 0 Å². The van der Waals surface area contributed by atoms with Crippen LogP contribution in [-0.2, 0) is 7.05 Å². The molecule has 0 aliphatic rings. The quantitative estimate of drug-likeness (QED) is 0.487. The molecule has 2 aromatic carbocycles. The van der Waals surface area contributed by atoms with Crippen LogP contribution < -0.4 is 10.1 Å². The van der Waals surface area contributed by atoms with Crippen molar-refractivity contribution in [3.05, 3.63) is 47.8 Å². The lowest BCUT2D eigenvalue weighted by molar-refractivity contribution is 0.303. The molecule has 0 atom stereocenters. The monoisotopic (exact) mass is 383 g/mol. The Morgan fingerprint density at radius 3 is 2.68 bits per heavy atom. The van der Waals surface area contributed by atoms with Crippen LogP contribution in [0, 0.1) is 12.7 Å². The number of halogens is 1. The Hall–Kier alpha value is -2.40. The van der Waals surface area contributed by atoms with Gasteiger partial charge in [-0.05, 0) is 56.6 Å². The molecule has 150 valence electrons. The van der Waals surface area contributed by atoms with Crippen molar-refractivity contribution in [1.82, 2.24) is 15.1 Å². The topological polar surface area (TPSA) is 39.1 Å². The van der Waals surface area contributed by atoms with Gasteiger partial charge < -0.3 is 10.1 Å². The van der Waals surface area contributed by atoms with Gasteiger partial charge >= 0.3 is 0 Å². The first-order valence-electron chi connectivity index (χ1n) is 10.2. The van der Waals surface area contributed by atoms with Crippen LogP contribution in [0.4, 0.5) is 4.39 Å². The summed E-state index contributed by atoms with van der Waals surface area (Å²) >= 11 is 0. The highest BCUT2D eigenvalue weighted by Crippen LogP contribution is 2.31. The zero-order valence-corrected chi connectivity index (χ0v) is 17.1. The summed E-state index contributed by atoms with van der Waals surface area (Å²) in [4.78, 5) is 0. The number of fused-ring (bicyclic) bond motifs is 1. The summed E-state index contributed by atoms with van der Waals surface area (Å²) in [6, 6.07) is 11.2. The van der Waals surface area contributed by atoms with Crippen molar-refractivity contribution >= 4 is 10.9 Å². The van der Waals surface area contributed by atoms with Gasteiger partial charge in [-0.25, -0.2) is 4.39 Å². The maximum Gasteiger partial charge on any atom is 0.136 e. The number of nitrogens with one attached hydrogen (secondary N) is 1. The van der Waals surface area contributed by atoms with Gasteiger partial charge in [0.2, 0.25) is 0 Å². The second kappa shape index (κ2) is 9.69. The van der Waals surface area contributed by atoms with Gasteiger partial charge in [-0.3, -0.25) is 4.68 Å². The highest BCUT2D eigenvalue weighted by Gasteiger charge is 2.15. The van der Waals surface area contributed by atoms with Crippen molar-refractivity contribution in [3.8, 4) is 17.0 Å². The largest absolute Gasteiger partial charge is 0.493 e. The molecule has 1 heterocycles. The third-order valence-electron chi connectivity index (χ3n) is 4.97. The van der Waals surface area contributed by atoms with Crippen molar-refractivity contribution in [2.45, 2.75) is 39.5 Å². The van der Waals surface area contributed by atoms with E-state index in [0.717, 1.165) is 42.4 Å². The van der Waals surface area contributed by atoms with Crippen LogP contribution in [0.25, 0.3) is 22.2 Å². The van der Waals surface area contributed by atoms with E-state index in [1.54, 1.807) is 10.7 Å². The van der Waals surface area contributed by atoms with Crippen molar-refractivity contribution < 1.29 is 9.13 Å². The molecule has 0 saturated carbocycles. The first-order valence-corrected chi connectivity index (χ1v) is 10.2. The van der Waals surface area contributed by atoms with E-state index in [4.69, 9.17) is 4.74 Å². The number of hydrogen-bond acceptors (Lipinski definition) is 3. The minimum atomic E-state index is -0.302. The second-order valence-corrected chi connectivity index (χ2v) is 7.25. The average molecular weight is 384 g/mol. The molecule has 4 nitrogen and oxygen atoms in total. The van der Waals surface area contributed by atoms with Gasteiger partial charge in [-0.1, -0.05) is 31.9 Å². The average Bonchev–Trinajstić information content (AvgIpc) is 3.00. The molecule has 3 aromatic rings. The fraction of sp³-hybridized carbons (Fsp3) is 0.435. The standard InChI is InChI=1S/C23H30FN3O/c1-4-25-13-7-5-6-8-14-28-18-10-12-19(21(24)16-18)23-20-11-9-17(2)15-22(20)27(3)26-23/h9-12,15-16,25H,4-8,13-14H2,1-3H3. The molecule has 5 heteroatoms.